The highest BCUT2D eigenvalue weighted by Gasteiger charge is 2.26. The second kappa shape index (κ2) is 5.43. The number of rotatable bonds is 3. The maximum Gasteiger partial charge on any atom is 0.114 e. The van der Waals surface area contributed by atoms with E-state index in [4.69, 9.17) is 16.2 Å². The Hall–Kier alpha value is -0.910. The van der Waals surface area contributed by atoms with Crippen molar-refractivity contribution in [1.82, 2.24) is 0 Å². The fourth-order valence-corrected chi connectivity index (χ4v) is 2.69. The second-order valence-electron chi connectivity index (χ2n) is 3.82. The Morgan fingerprint density at radius 1 is 1.56 bits per heavy atom. The van der Waals surface area contributed by atoms with Gasteiger partial charge in [-0.1, -0.05) is 6.07 Å². The van der Waals surface area contributed by atoms with E-state index in [0.717, 1.165) is 6.42 Å². The lowest BCUT2D eigenvalue weighted by atomic mass is 10.1. The van der Waals surface area contributed by atoms with Crippen LogP contribution in [0.4, 0.5) is 0 Å². The summed E-state index contributed by atoms with van der Waals surface area (Å²) in [7, 11) is 0. The molecule has 4 N–H and O–H groups in total. The SMILES string of the molecule is NCCC1N=C(N)CCOC1c1cccs1. The molecule has 16 heavy (non-hydrogen) atoms. The molecule has 2 heterocycles. The summed E-state index contributed by atoms with van der Waals surface area (Å²) in [4.78, 5) is 5.70. The van der Waals surface area contributed by atoms with E-state index in [0.29, 0.717) is 25.4 Å². The Morgan fingerprint density at radius 2 is 2.44 bits per heavy atom. The molecular formula is C11H17N3OS. The minimum atomic E-state index is 0.0181. The minimum Gasteiger partial charge on any atom is -0.387 e. The third-order valence-electron chi connectivity index (χ3n) is 2.62. The molecule has 0 saturated heterocycles. The lowest BCUT2D eigenvalue weighted by Gasteiger charge is -2.21. The van der Waals surface area contributed by atoms with Gasteiger partial charge in [-0.05, 0) is 24.4 Å². The van der Waals surface area contributed by atoms with E-state index >= 15 is 0 Å². The van der Waals surface area contributed by atoms with Crippen LogP contribution in [-0.4, -0.2) is 25.0 Å². The van der Waals surface area contributed by atoms with Gasteiger partial charge in [0, 0.05) is 11.3 Å². The number of amidine groups is 1. The number of hydrogen-bond donors (Lipinski definition) is 2. The monoisotopic (exact) mass is 239 g/mol. The highest BCUT2D eigenvalue weighted by atomic mass is 32.1. The van der Waals surface area contributed by atoms with Crippen LogP contribution in [0.15, 0.2) is 22.5 Å². The van der Waals surface area contributed by atoms with Crippen LogP contribution in [0.3, 0.4) is 0 Å². The van der Waals surface area contributed by atoms with Gasteiger partial charge in [-0.2, -0.15) is 0 Å². The van der Waals surface area contributed by atoms with Gasteiger partial charge in [0.05, 0.1) is 18.5 Å². The number of hydrogen-bond acceptors (Lipinski definition) is 5. The van der Waals surface area contributed by atoms with Crippen molar-refractivity contribution in [2.45, 2.75) is 25.0 Å². The van der Waals surface area contributed by atoms with E-state index < -0.39 is 0 Å². The predicted octanol–water partition coefficient (Wildman–Crippen LogP) is 1.28. The van der Waals surface area contributed by atoms with Crippen molar-refractivity contribution in [2.75, 3.05) is 13.2 Å². The molecule has 1 aliphatic rings. The van der Waals surface area contributed by atoms with E-state index in [-0.39, 0.29) is 12.1 Å². The molecule has 0 aromatic carbocycles. The molecule has 0 amide bonds. The van der Waals surface area contributed by atoms with Gasteiger partial charge >= 0.3 is 0 Å². The number of ether oxygens (including phenoxy) is 1. The van der Waals surface area contributed by atoms with Crippen LogP contribution in [0.25, 0.3) is 0 Å². The normalized spacial score (nSPS) is 26.2. The Morgan fingerprint density at radius 3 is 3.12 bits per heavy atom. The highest BCUT2D eigenvalue weighted by molar-refractivity contribution is 7.10. The van der Waals surface area contributed by atoms with Crippen molar-refractivity contribution >= 4 is 17.2 Å². The van der Waals surface area contributed by atoms with Crippen LogP contribution < -0.4 is 11.5 Å². The Kier molecular flexibility index (Phi) is 3.93. The molecule has 0 saturated carbocycles. The first-order valence-corrected chi connectivity index (χ1v) is 6.36. The fraction of sp³-hybridized carbons (Fsp3) is 0.545. The van der Waals surface area contributed by atoms with E-state index in [1.807, 2.05) is 6.07 Å². The van der Waals surface area contributed by atoms with Crippen LogP contribution in [0.5, 0.6) is 0 Å². The van der Waals surface area contributed by atoms with Crippen molar-refractivity contribution < 1.29 is 4.74 Å². The summed E-state index contributed by atoms with van der Waals surface area (Å²) in [5.74, 6) is 0.678. The van der Waals surface area contributed by atoms with E-state index in [2.05, 4.69) is 16.4 Å². The summed E-state index contributed by atoms with van der Waals surface area (Å²) in [5, 5.41) is 2.05. The maximum atomic E-state index is 5.84. The third kappa shape index (κ3) is 2.61. The molecular weight excluding hydrogens is 222 g/mol. The first kappa shape index (κ1) is 11.6. The van der Waals surface area contributed by atoms with Crippen LogP contribution >= 0.6 is 11.3 Å². The summed E-state index contributed by atoms with van der Waals surface area (Å²) in [6.07, 6.45) is 1.54. The molecule has 4 nitrogen and oxygen atoms in total. The largest absolute Gasteiger partial charge is 0.387 e. The van der Waals surface area contributed by atoms with Crippen molar-refractivity contribution in [2.24, 2.45) is 16.5 Å². The van der Waals surface area contributed by atoms with Gasteiger partial charge in [-0.3, -0.25) is 4.99 Å². The summed E-state index contributed by atoms with van der Waals surface area (Å²) in [5.41, 5.74) is 11.4. The highest BCUT2D eigenvalue weighted by Crippen LogP contribution is 2.30. The summed E-state index contributed by atoms with van der Waals surface area (Å²) in [6, 6.07) is 4.17. The zero-order valence-corrected chi connectivity index (χ0v) is 9.95. The standard InChI is InChI=1S/C11H17N3OS/c12-5-3-8-11(9-2-1-7-16-9)15-6-4-10(13)14-8/h1-2,7-8,11H,3-6,12H2,(H2,13,14). The van der Waals surface area contributed by atoms with Gasteiger partial charge in [0.1, 0.15) is 6.10 Å². The topological polar surface area (TPSA) is 73.6 Å². The second-order valence-corrected chi connectivity index (χ2v) is 4.80. The van der Waals surface area contributed by atoms with E-state index in [1.165, 1.54) is 4.88 Å². The molecule has 2 atom stereocenters. The first-order valence-electron chi connectivity index (χ1n) is 5.48. The molecule has 0 fully saturated rings. The first-order chi connectivity index (χ1) is 7.81. The number of thiophene rings is 1. The van der Waals surface area contributed by atoms with Gasteiger partial charge in [0.2, 0.25) is 0 Å². The summed E-state index contributed by atoms with van der Waals surface area (Å²) >= 11 is 1.69. The van der Waals surface area contributed by atoms with Gasteiger partial charge in [-0.25, -0.2) is 0 Å². The summed E-state index contributed by atoms with van der Waals surface area (Å²) in [6.45, 7) is 1.24. The van der Waals surface area contributed by atoms with Crippen LogP contribution in [0.2, 0.25) is 0 Å². The molecule has 0 radical (unpaired) electrons. The van der Waals surface area contributed by atoms with Crippen LogP contribution in [0, 0.1) is 0 Å². The van der Waals surface area contributed by atoms with Crippen LogP contribution in [0.1, 0.15) is 23.8 Å². The Labute approximate surface area is 99.3 Å². The zero-order valence-electron chi connectivity index (χ0n) is 9.13. The van der Waals surface area contributed by atoms with Crippen molar-refractivity contribution in [3.63, 3.8) is 0 Å². The zero-order chi connectivity index (χ0) is 11.4. The minimum absolute atomic E-state index is 0.0181. The molecule has 0 aliphatic carbocycles. The van der Waals surface area contributed by atoms with Crippen LogP contribution in [-0.2, 0) is 4.74 Å². The number of nitrogens with zero attached hydrogens (tertiary/aromatic N) is 1. The molecule has 88 valence electrons. The fourth-order valence-electron chi connectivity index (χ4n) is 1.86. The molecule has 1 aromatic rings. The van der Waals surface area contributed by atoms with Crippen molar-refractivity contribution in [3.8, 4) is 0 Å². The quantitative estimate of drug-likeness (QED) is 0.834. The van der Waals surface area contributed by atoms with Crippen molar-refractivity contribution in [3.05, 3.63) is 22.4 Å². The lowest BCUT2D eigenvalue weighted by molar-refractivity contribution is 0.0455. The lowest BCUT2D eigenvalue weighted by Crippen LogP contribution is -2.22. The molecule has 1 aromatic heterocycles. The van der Waals surface area contributed by atoms with Gasteiger partial charge in [0.15, 0.2) is 0 Å². The smallest absolute Gasteiger partial charge is 0.114 e. The van der Waals surface area contributed by atoms with E-state index in [9.17, 15) is 0 Å². The predicted molar refractivity (Wildman–Crippen MR) is 66.7 cm³/mol. The average molecular weight is 239 g/mol. The van der Waals surface area contributed by atoms with Gasteiger partial charge in [-0.15, -0.1) is 11.3 Å². The number of nitrogens with two attached hydrogens (primary N) is 2. The molecule has 2 unspecified atom stereocenters. The van der Waals surface area contributed by atoms with Crippen molar-refractivity contribution in [1.29, 1.82) is 0 Å². The Balaban J connectivity index is 2.20. The average Bonchev–Trinajstić information content (AvgIpc) is 2.71. The third-order valence-corrected chi connectivity index (χ3v) is 3.56. The maximum absolute atomic E-state index is 5.84. The molecule has 5 heteroatoms. The molecule has 0 spiro atoms. The molecule has 2 rings (SSSR count). The summed E-state index contributed by atoms with van der Waals surface area (Å²) < 4.78 is 5.84. The van der Waals surface area contributed by atoms with Gasteiger partial charge < -0.3 is 16.2 Å². The van der Waals surface area contributed by atoms with E-state index in [1.54, 1.807) is 11.3 Å². The molecule has 1 aliphatic heterocycles. The molecule has 0 bridgehead atoms. The number of aliphatic imine (C=N–C) groups is 1. The Bertz CT molecular complexity index is 350. The van der Waals surface area contributed by atoms with Gasteiger partial charge in [0.25, 0.3) is 0 Å².